The smallest absolute Gasteiger partial charge is 0.274 e. The SMILES string of the molecule is CCCC(Oc1cccc(OCc2ccc3ccccc3n2)c1)C(=O)NS(=O)(=O)c1ccccc1. The second-order valence-corrected chi connectivity index (χ2v) is 9.62. The Morgan fingerprint density at radius 3 is 2.46 bits per heavy atom. The van der Waals surface area contributed by atoms with Crippen LogP contribution in [0.25, 0.3) is 10.9 Å². The van der Waals surface area contributed by atoms with Gasteiger partial charge in [-0.25, -0.2) is 18.1 Å². The molecule has 8 heteroatoms. The van der Waals surface area contributed by atoms with Crippen LogP contribution in [0, 0.1) is 0 Å². The molecule has 1 atom stereocenters. The topological polar surface area (TPSA) is 94.6 Å². The lowest BCUT2D eigenvalue weighted by Gasteiger charge is -2.19. The molecule has 0 spiro atoms. The van der Waals surface area contributed by atoms with Crippen molar-refractivity contribution in [2.24, 2.45) is 0 Å². The van der Waals surface area contributed by atoms with Crippen molar-refractivity contribution in [3.8, 4) is 11.5 Å². The van der Waals surface area contributed by atoms with Gasteiger partial charge in [-0.3, -0.25) is 4.79 Å². The van der Waals surface area contributed by atoms with E-state index >= 15 is 0 Å². The molecule has 0 fully saturated rings. The fourth-order valence-corrected chi connectivity index (χ4v) is 4.54. The van der Waals surface area contributed by atoms with Crippen molar-refractivity contribution in [3.63, 3.8) is 0 Å². The number of amides is 1. The highest BCUT2D eigenvalue weighted by Gasteiger charge is 2.25. The number of sulfonamides is 1. The van der Waals surface area contributed by atoms with Crippen LogP contribution in [-0.2, 0) is 21.4 Å². The van der Waals surface area contributed by atoms with Crippen LogP contribution in [0.1, 0.15) is 25.5 Å². The van der Waals surface area contributed by atoms with Gasteiger partial charge in [0.15, 0.2) is 6.10 Å². The quantitative estimate of drug-likeness (QED) is 0.341. The Balaban J connectivity index is 1.42. The number of nitrogens with one attached hydrogen (secondary N) is 1. The van der Waals surface area contributed by atoms with E-state index in [0.29, 0.717) is 24.3 Å². The van der Waals surface area contributed by atoms with Gasteiger partial charge in [0.2, 0.25) is 0 Å². The van der Waals surface area contributed by atoms with Crippen molar-refractivity contribution < 1.29 is 22.7 Å². The Morgan fingerprint density at radius 2 is 1.66 bits per heavy atom. The van der Waals surface area contributed by atoms with Crippen LogP contribution < -0.4 is 14.2 Å². The largest absolute Gasteiger partial charge is 0.487 e. The van der Waals surface area contributed by atoms with Gasteiger partial charge < -0.3 is 9.47 Å². The summed E-state index contributed by atoms with van der Waals surface area (Å²) in [4.78, 5) is 17.4. The van der Waals surface area contributed by atoms with Crippen LogP contribution in [0.4, 0.5) is 0 Å². The van der Waals surface area contributed by atoms with Crippen LogP contribution in [0.15, 0.2) is 95.9 Å². The normalized spacial score (nSPS) is 12.1. The maximum Gasteiger partial charge on any atom is 0.274 e. The number of pyridine rings is 1. The fourth-order valence-electron chi connectivity index (χ4n) is 3.51. The van der Waals surface area contributed by atoms with Gasteiger partial charge in [0.1, 0.15) is 18.1 Å². The molecule has 1 amide bonds. The zero-order chi connectivity index (χ0) is 24.7. The Bertz CT molecular complexity index is 1410. The molecule has 1 heterocycles. The second kappa shape index (κ2) is 11.0. The molecule has 7 nitrogen and oxygen atoms in total. The number of fused-ring (bicyclic) bond motifs is 1. The molecule has 4 aromatic rings. The van der Waals surface area contributed by atoms with Crippen LogP contribution in [0.2, 0.25) is 0 Å². The summed E-state index contributed by atoms with van der Waals surface area (Å²) >= 11 is 0. The minimum Gasteiger partial charge on any atom is -0.487 e. The number of carbonyl (C=O) groups is 1. The average Bonchev–Trinajstić information content (AvgIpc) is 2.87. The van der Waals surface area contributed by atoms with Gasteiger partial charge in [-0.1, -0.05) is 61.9 Å². The second-order valence-electron chi connectivity index (χ2n) is 7.94. The zero-order valence-electron chi connectivity index (χ0n) is 19.3. The van der Waals surface area contributed by atoms with E-state index in [0.717, 1.165) is 16.6 Å². The molecule has 3 aromatic carbocycles. The first kappa shape index (κ1) is 24.2. The highest BCUT2D eigenvalue weighted by Crippen LogP contribution is 2.23. The summed E-state index contributed by atoms with van der Waals surface area (Å²) in [5, 5.41) is 1.06. The molecule has 0 aliphatic heterocycles. The first-order valence-electron chi connectivity index (χ1n) is 11.3. The highest BCUT2D eigenvalue weighted by molar-refractivity contribution is 7.90. The minimum atomic E-state index is -3.99. The minimum absolute atomic E-state index is 0.0151. The predicted octanol–water partition coefficient (Wildman–Crippen LogP) is 4.87. The molecule has 1 aromatic heterocycles. The molecule has 0 aliphatic rings. The van der Waals surface area contributed by atoms with E-state index < -0.39 is 22.0 Å². The Morgan fingerprint density at radius 1 is 0.914 bits per heavy atom. The number of carbonyl (C=O) groups excluding carboxylic acids is 1. The van der Waals surface area contributed by atoms with E-state index in [2.05, 4.69) is 9.71 Å². The monoisotopic (exact) mass is 490 g/mol. The summed E-state index contributed by atoms with van der Waals surface area (Å²) in [5.74, 6) is 0.229. The number of para-hydroxylation sites is 1. The van der Waals surface area contributed by atoms with E-state index in [-0.39, 0.29) is 11.5 Å². The maximum atomic E-state index is 12.8. The first-order valence-corrected chi connectivity index (χ1v) is 12.8. The maximum absolute atomic E-state index is 12.8. The fraction of sp³-hybridized carbons (Fsp3) is 0.185. The van der Waals surface area contributed by atoms with E-state index in [1.54, 1.807) is 42.5 Å². The lowest BCUT2D eigenvalue weighted by atomic mass is 10.2. The third-order valence-corrected chi connectivity index (χ3v) is 6.62. The van der Waals surface area contributed by atoms with Crippen molar-refractivity contribution in [2.75, 3.05) is 0 Å². The van der Waals surface area contributed by atoms with Gasteiger partial charge >= 0.3 is 0 Å². The molecule has 1 unspecified atom stereocenters. The zero-order valence-corrected chi connectivity index (χ0v) is 20.1. The predicted molar refractivity (Wildman–Crippen MR) is 134 cm³/mol. The molecule has 0 radical (unpaired) electrons. The van der Waals surface area contributed by atoms with Crippen molar-refractivity contribution >= 4 is 26.8 Å². The van der Waals surface area contributed by atoms with Gasteiger partial charge in [-0.2, -0.15) is 0 Å². The summed E-state index contributed by atoms with van der Waals surface area (Å²) in [7, 11) is -3.99. The molecule has 180 valence electrons. The van der Waals surface area contributed by atoms with Gasteiger partial charge in [0.05, 0.1) is 16.1 Å². The van der Waals surface area contributed by atoms with Crippen molar-refractivity contribution in [1.29, 1.82) is 0 Å². The third kappa shape index (κ3) is 6.36. The van der Waals surface area contributed by atoms with Gasteiger partial charge in [0.25, 0.3) is 15.9 Å². The molecule has 1 N–H and O–H groups in total. The molecular formula is C27H26N2O5S. The van der Waals surface area contributed by atoms with E-state index in [1.807, 2.05) is 43.3 Å². The lowest BCUT2D eigenvalue weighted by Crippen LogP contribution is -2.41. The summed E-state index contributed by atoms with van der Waals surface area (Å²) < 4.78 is 39.0. The van der Waals surface area contributed by atoms with Crippen LogP contribution in [-0.4, -0.2) is 25.4 Å². The van der Waals surface area contributed by atoms with Crippen molar-refractivity contribution in [3.05, 3.63) is 96.7 Å². The number of rotatable bonds is 10. The number of hydrogen-bond acceptors (Lipinski definition) is 6. The van der Waals surface area contributed by atoms with E-state index in [4.69, 9.17) is 9.47 Å². The summed E-state index contributed by atoms with van der Waals surface area (Å²) in [6.07, 6.45) is 0.00565. The number of hydrogen-bond donors (Lipinski definition) is 1. The van der Waals surface area contributed by atoms with Gasteiger partial charge in [-0.05, 0) is 42.8 Å². The van der Waals surface area contributed by atoms with Gasteiger partial charge in [0, 0.05) is 11.5 Å². The first-order chi connectivity index (χ1) is 16.9. The lowest BCUT2D eigenvalue weighted by molar-refractivity contribution is -0.126. The number of aromatic nitrogens is 1. The molecule has 0 aliphatic carbocycles. The van der Waals surface area contributed by atoms with Crippen LogP contribution in [0.3, 0.4) is 0 Å². The van der Waals surface area contributed by atoms with E-state index in [1.165, 1.54) is 12.1 Å². The molecule has 0 bridgehead atoms. The molecule has 0 saturated carbocycles. The highest BCUT2D eigenvalue weighted by atomic mass is 32.2. The third-order valence-electron chi connectivity index (χ3n) is 5.26. The Labute approximate surface area is 204 Å². The number of benzene rings is 3. The average molecular weight is 491 g/mol. The van der Waals surface area contributed by atoms with E-state index in [9.17, 15) is 13.2 Å². The summed E-state index contributed by atoms with van der Waals surface area (Å²) in [5.41, 5.74) is 1.67. The summed E-state index contributed by atoms with van der Waals surface area (Å²) in [6, 6.07) is 26.4. The Kier molecular flexibility index (Phi) is 7.62. The number of ether oxygens (including phenoxy) is 2. The molecule has 4 rings (SSSR count). The number of nitrogens with zero attached hydrogens (tertiary/aromatic N) is 1. The molecule has 35 heavy (non-hydrogen) atoms. The Hall–Kier alpha value is -3.91. The summed E-state index contributed by atoms with van der Waals surface area (Å²) in [6.45, 7) is 2.16. The standard InChI is InChI=1S/C27H26N2O5S/c1-2-9-26(27(30)29-35(31,32)24-13-4-3-5-14-24)34-23-12-8-11-22(18-23)33-19-21-17-16-20-10-6-7-15-25(20)28-21/h3-8,10-18,26H,2,9,19H2,1H3,(H,29,30). The van der Waals surface area contributed by atoms with Crippen molar-refractivity contribution in [1.82, 2.24) is 9.71 Å². The molecule has 0 saturated heterocycles. The van der Waals surface area contributed by atoms with Crippen LogP contribution >= 0.6 is 0 Å². The molecular weight excluding hydrogens is 464 g/mol. The van der Waals surface area contributed by atoms with Gasteiger partial charge in [-0.15, -0.1) is 0 Å². The van der Waals surface area contributed by atoms with Crippen LogP contribution in [0.5, 0.6) is 11.5 Å². The van der Waals surface area contributed by atoms with Crippen molar-refractivity contribution in [2.45, 2.75) is 37.4 Å².